The Labute approximate surface area is 105 Å². The molecule has 3 rings (SSSR count). The van der Waals surface area contributed by atoms with Gasteiger partial charge in [-0.15, -0.1) is 11.3 Å². The van der Waals surface area contributed by atoms with E-state index in [1.165, 1.54) is 11.4 Å². The number of aliphatic carboxylic acids is 1. The van der Waals surface area contributed by atoms with Crippen LogP contribution in [0.15, 0.2) is 17.5 Å². The molecule has 1 saturated carbocycles. The lowest BCUT2D eigenvalue weighted by Crippen LogP contribution is -2.45. The summed E-state index contributed by atoms with van der Waals surface area (Å²) in [6, 6.07) is 4.25. The minimum atomic E-state index is -0.593. The van der Waals surface area contributed by atoms with Crippen LogP contribution in [-0.4, -0.2) is 24.2 Å². The van der Waals surface area contributed by atoms with E-state index in [2.05, 4.69) is 22.4 Å². The molecule has 1 aromatic heterocycles. The lowest BCUT2D eigenvalue weighted by atomic mass is 9.72. The van der Waals surface area contributed by atoms with E-state index in [0.29, 0.717) is 11.8 Å². The number of rotatable bonds is 2. The van der Waals surface area contributed by atoms with Gasteiger partial charge in [0.15, 0.2) is 0 Å². The zero-order valence-corrected chi connectivity index (χ0v) is 10.5. The molecule has 4 heteroatoms. The van der Waals surface area contributed by atoms with Crippen LogP contribution >= 0.6 is 11.3 Å². The van der Waals surface area contributed by atoms with Gasteiger partial charge < -0.3 is 10.0 Å². The van der Waals surface area contributed by atoms with E-state index in [0.717, 1.165) is 25.9 Å². The molecule has 2 fully saturated rings. The van der Waals surface area contributed by atoms with Crippen molar-refractivity contribution in [2.75, 3.05) is 18.0 Å². The highest BCUT2D eigenvalue weighted by atomic mass is 32.1. The molecular formula is C13H17NO2S. The summed E-state index contributed by atoms with van der Waals surface area (Å²) in [6.45, 7) is 2.08. The molecule has 1 saturated heterocycles. The number of piperidine rings is 1. The van der Waals surface area contributed by atoms with Crippen molar-refractivity contribution in [3.63, 3.8) is 0 Å². The second-order valence-corrected chi connectivity index (χ2v) is 6.26. The molecule has 2 atom stereocenters. The van der Waals surface area contributed by atoms with E-state index in [4.69, 9.17) is 5.11 Å². The molecule has 0 aromatic carbocycles. The minimum absolute atomic E-state index is 0.0933. The third kappa shape index (κ3) is 2.18. The second-order valence-electron chi connectivity index (χ2n) is 5.33. The van der Waals surface area contributed by atoms with Gasteiger partial charge in [0.05, 0.1) is 10.9 Å². The number of anilines is 1. The Morgan fingerprint density at radius 2 is 2.00 bits per heavy atom. The van der Waals surface area contributed by atoms with Crippen LogP contribution in [0, 0.1) is 17.8 Å². The minimum Gasteiger partial charge on any atom is -0.481 e. The molecule has 17 heavy (non-hydrogen) atoms. The van der Waals surface area contributed by atoms with Crippen molar-refractivity contribution in [1.82, 2.24) is 0 Å². The van der Waals surface area contributed by atoms with Crippen LogP contribution < -0.4 is 4.90 Å². The Morgan fingerprint density at radius 1 is 1.29 bits per heavy atom. The Bertz CT molecular complexity index is 390. The topological polar surface area (TPSA) is 40.5 Å². The van der Waals surface area contributed by atoms with Crippen molar-refractivity contribution < 1.29 is 9.90 Å². The zero-order valence-electron chi connectivity index (χ0n) is 9.71. The van der Waals surface area contributed by atoms with Gasteiger partial charge in [0, 0.05) is 13.1 Å². The Morgan fingerprint density at radius 3 is 2.53 bits per heavy atom. The van der Waals surface area contributed by atoms with Crippen LogP contribution in [0.5, 0.6) is 0 Å². The fraction of sp³-hybridized carbons (Fsp3) is 0.615. The van der Waals surface area contributed by atoms with E-state index < -0.39 is 5.97 Å². The molecule has 1 aliphatic carbocycles. The van der Waals surface area contributed by atoms with Gasteiger partial charge in [-0.1, -0.05) is 0 Å². The smallest absolute Gasteiger partial charge is 0.306 e. The van der Waals surface area contributed by atoms with Gasteiger partial charge in [0.25, 0.3) is 0 Å². The molecule has 1 N–H and O–H groups in total. The van der Waals surface area contributed by atoms with E-state index in [1.807, 2.05) is 0 Å². The van der Waals surface area contributed by atoms with Crippen LogP contribution in [0.3, 0.4) is 0 Å². The maximum atomic E-state index is 11.1. The zero-order chi connectivity index (χ0) is 11.8. The van der Waals surface area contributed by atoms with Crippen LogP contribution in [0.25, 0.3) is 0 Å². The Balaban J connectivity index is 1.72. The molecule has 0 spiro atoms. The van der Waals surface area contributed by atoms with Gasteiger partial charge in [0.2, 0.25) is 0 Å². The number of carbonyl (C=O) groups is 1. The summed E-state index contributed by atoms with van der Waals surface area (Å²) in [5, 5.41) is 12.6. The summed E-state index contributed by atoms with van der Waals surface area (Å²) in [5.41, 5.74) is 0. The number of hydrogen-bond acceptors (Lipinski definition) is 3. The molecule has 2 heterocycles. The Hall–Kier alpha value is -1.03. The van der Waals surface area contributed by atoms with Gasteiger partial charge in [-0.05, 0) is 48.6 Å². The number of carboxylic acids is 1. The fourth-order valence-electron chi connectivity index (χ4n) is 3.39. The first-order chi connectivity index (χ1) is 8.22. The average Bonchev–Trinajstić information content (AvgIpc) is 2.80. The van der Waals surface area contributed by atoms with Crippen molar-refractivity contribution in [3.05, 3.63) is 17.5 Å². The SMILES string of the molecule is O=C(O)C1CC2CC(C1)CN(c1cccs1)C2. The first-order valence-electron chi connectivity index (χ1n) is 6.23. The number of nitrogens with zero attached hydrogens (tertiary/aromatic N) is 1. The summed E-state index contributed by atoms with van der Waals surface area (Å²) < 4.78 is 0. The summed E-state index contributed by atoms with van der Waals surface area (Å²) in [5.74, 6) is 0.463. The van der Waals surface area contributed by atoms with Gasteiger partial charge in [-0.3, -0.25) is 4.79 Å². The molecule has 3 nitrogen and oxygen atoms in total. The van der Waals surface area contributed by atoms with E-state index >= 15 is 0 Å². The van der Waals surface area contributed by atoms with Crippen molar-refractivity contribution in [2.24, 2.45) is 17.8 Å². The molecule has 0 amide bonds. The maximum absolute atomic E-state index is 11.1. The molecule has 2 unspecified atom stereocenters. The highest BCUT2D eigenvalue weighted by molar-refractivity contribution is 7.14. The van der Waals surface area contributed by atoms with Crippen molar-refractivity contribution in [2.45, 2.75) is 19.3 Å². The third-order valence-corrected chi connectivity index (χ3v) is 4.96. The van der Waals surface area contributed by atoms with Gasteiger partial charge in [-0.2, -0.15) is 0 Å². The van der Waals surface area contributed by atoms with E-state index in [1.54, 1.807) is 11.3 Å². The molecule has 2 bridgehead atoms. The first-order valence-corrected chi connectivity index (χ1v) is 7.11. The summed E-state index contributed by atoms with van der Waals surface area (Å²) in [7, 11) is 0. The second kappa shape index (κ2) is 4.33. The van der Waals surface area contributed by atoms with Crippen LogP contribution in [0.2, 0.25) is 0 Å². The number of thiophene rings is 1. The number of carboxylic acid groups (broad SMARTS) is 1. The van der Waals surface area contributed by atoms with Gasteiger partial charge in [-0.25, -0.2) is 0 Å². The van der Waals surface area contributed by atoms with Gasteiger partial charge >= 0.3 is 5.97 Å². The maximum Gasteiger partial charge on any atom is 0.306 e. The predicted molar refractivity (Wildman–Crippen MR) is 68.5 cm³/mol. The quantitative estimate of drug-likeness (QED) is 0.878. The van der Waals surface area contributed by atoms with Crippen molar-refractivity contribution in [1.29, 1.82) is 0 Å². The molecule has 0 radical (unpaired) electrons. The van der Waals surface area contributed by atoms with E-state index in [9.17, 15) is 4.79 Å². The van der Waals surface area contributed by atoms with Gasteiger partial charge in [0.1, 0.15) is 0 Å². The monoisotopic (exact) mass is 251 g/mol. The summed E-state index contributed by atoms with van der Waals surface area (Å²) >= 11 is 1.78. The van der Waals surface area contributed by atoms with Crippen molar-refractivity contribution in [3.8, 4) is 0 Å². The summed E-state index contributed by atoms with van der Waals surface area (Å²) in [6.07, 6.45) is 2.97. The lowest BCUT2D eigenvalue weighted by Gasteiger charge is -2.43. The average molecular weight is 251 g/mol. The lowest BCUT2D eigenvalue weighted by molar-refractivity contribution is -0.144. The normalized spacial score (nSPS) is 32.5. The highest BCUT2D eigenvalue weighted by Gasteiger charge is 2.37. The molecule has 92 valence electrons. The van der Waals surface area contributed by atoms with E-state index in [-0.39, 0.29) is 5.92 Å². The molecular weight excluding hydrogens is 234 g/mol. The predicted octanol–water partition coefficient (Wildman–Crippen LogP) is 2.69. The largest absolute Gasteiger partial charge is 0.481 e. The first kappa shape index (κ1) is 11.1. The number of hydrogen-bond donors (Lipinski definition) is 1. The molecule has 1 aromatic rings. The standard InChI is InChI=1S/C13H17NO2S/c15-13(16)11-5-9-4-10(6-11)8-14(7-9)12-2-1-3-17-12/h1-3,9-11H,4-8H2,(H,15,16). The van der Waals surface area contributed by atoms with Crippen LogP contribution in [0.1, 0.15) is 19.3 Å². The third-order valence-electron chi connectivity index (χ3n) is 4.03. The Kier molecular flexibility index (Phi) is 2.82. The summed E-state index contributed by atoms with van der Waals surface area (Å²) in [4.78, 5) is 13.5. The molecule has 1 aliphatic heterocycles. The van der Waals surface area contributed by atoms with Crippen LogP contribution in [-0.2, 0) is 4.79 Å². The van der Waals surface area contributed by atoms with Crippen molar-refractivity contribution >= 4 is 22.3 Å². The van der Waals surface area contributed by atoms with Crippen LogP contribution in [0.4, 0.5) is 5.00 Å². The molecule has 2 aliphatic rings. The fourth-order valence-corrected chi connectivity index (χ4v) is 4.14. The number of fused-ring (bicyclic) bond motifs is 2. The highest BCUT2D eigenvalue weighted by Crippen LogP contribution is 2.40.